The highest BCUT2D eigenvalue weighted by Crippen LogP contribution is 1.77. The summed E-state index contributed by atoms with van der Waals surface area (Å²) in [5.41, 5.74) is 0. The Kier molecular flexibility index (Phi) is 9.20. The molecule has 1 atom stereocenters. The Morgan fingerprint density at radius 2 is 2.12 bits per heavy atom. The van der Waals surface area contributed by atoms with E-state index in [4.69, 9.17) is 10.2 Å². The second kappa shape index (κ2) is 6.84. The molecule has 0 aromatic carbocycles. The molecule has 4 nitrogen and oxygen atoms in total. The average molecular weight is 124 g/mol. The van der Waals surface area contributed by atoms with Gasteiger partial charge in [0.1, 0.15) is 6.10 Å². The fourth-order valence-corrected chi connectivity index (χ4v) is 0.245. The van der Waals surface area contributed by atoms with E-state index in [1.807, 2.05) is 0 Å². The summed E-state index contributed by atoms with van der Waals surface area (Å²) in [7, 11) is 1.47. The van der Waals surface area contributed by atoms with Gasteiger partial charge in [0.2, 0.25) is 0 Å². The van der Waals surface area contributed by atoms with Crippen molar-refractivity contribution in [1.82, 2.24) is 0 Å². The Morgan fingerprint density at radius 1 is 1.62 bits per heavy atom. The molecule has 0 saturated carbocycles. The zero-order valence-electron chi connectivity index (χ0n) is 4.79. The lowest BCUT2D eigenvalue weighted by Gasteiger charge is -2.01. The first-order valence-corrected chi connectivity index (χ1v) is 2.09. The number of hydrogen-bond acceptors (Lipinski definition) is 3. The van der Waals surface area contributed by atoms with E-state index in [-0.39, 0.29) is 18.7 Å². The van der Waals surface area contributed by atoms with Crippen molar-refractivity contribution in [3.8, 4) is 0 Å². The maximum Gasteiger partial charge on any atom is 0.100 e. The van der Waals surface area contributed by atoms with E-state index in [0.29, 0.717) is 0 Å². The third kappa shape index (κ3) is 5.84. The van der Waals surface area contributed by atoms with Crippen LogP contribution < -0.4 is 0 Å². The molecule has 0 rings (SSSR count). The van der Waals surface area contributed by atoms with Gasteiger partial charge >= 0.3 is 0 Å². The Hall–Kier alpha value is -0.160. The van der Waals surface area contributed by atoms with Gasteiger partial charge < -0.3 is 20.4 Å². The van der Waals surface area contributed by atoms with Gasteiger partial charge in [-0.05, 0) is 0 Å². The standard InChI is InChI=1S/C4H10O3.H2O/c1-7-3-4(6)2-5;/h4-6H,2-3H2,1H3;1H2. The highest BCUT2D eigenvalue weighted by molar-refractivity contribution is 4.46. The van der Waals surface area contributed by atoms with Crippen molar-refractivity contribution in [2.75, 3.05) is 20.3 Å². The van der Waals surface area contributed by atoms with Crippen molar-refractivity contribution in [3.63, 3.8) is 0 Å². The van der Waals surface area contributed by atoms with Gasteiger partial charge in [-0.25, -0.2) is 0 Å². The molecule has 0 aromatic heterocycles. The third-order valence-electron chi connectivity index (χ3n) is 0.570. The minimum Gasteiger partial charge on any atom is -0.412 e. The van der Waals surface area contributed by atoms with Gasteiger partial charge in [0, 0.05) is 7.11 Å². The summed E-state index contributed by atoms with van der Waals surface area (Å²) in [5.74, 6) is 0. The predicted octanol–water partition coefficient (Wildman–Crippen LogP) is -1.84. The van der Waals surface area contributed by atoms with Gasteiger partial charge in [-0.2, -0.15) is 0 Å². The van der Waals surface area contributed by atoms with E-state index in [0.717, 1.165) is 0 Å². The first kappa shape index (κ1) is 10.8. The van der Waals surface area contributed by atoms with Gasteiger partial charge in [0.15, 0.2) is 0 Å². The molecule has 0 aliphatic heterocycles. The summed E-state index contributed by atoms with van der Waals surface area (Å²) < 4.78 is 4.48. The van der Waals surface area contributed by atoms with Gasteiger partial charge in [0.05, 0.1) is 13.2 Å². The summed E-state index contributed by atoms with van der Waals surface area (Å²) in [5, 5.41) is 16.6. The van der Waals surface area contributed by atoms with Crippen LogP contribution in [0.2, 0.25) is 0 Å². The largest absolute Gasteiger partial charge is 0.412 e. The second-order valence-corrected chi connectivity index (χ2v) is 1.29. The van der Waals surface area contributed by atoms with E-state index in [9.17, 15) is 0 Å². The highest BCUT2D eigenvalue weighted by atomic mass is 16.5. The molecule has 8 heavy (non-hydrogen) atoms. The van der Waals surface area contributed by atoms with Crippen LogP contribution >= 0.6 is 0 Å². The van der Waals surface area contributed by atoms with Crippen molar-refractivity contribution in [3.05, 3.63) is 0 Å². The summed E-state index contributed by atoms with van der Waals surface area (Å²) >= 11 is 0. The first-order chi connectivity index (χ1) is 3.31. The minimum atomic E-state index is -0.718. The van der Waals surface area contributed by atoms with E-state index in [1.165, 1.54) is 7.11 Å². The number of rotatable bonds is 3. The van der Waals surface area contributed by atoms with Crippen molar-refractivity contribution in [1.29, 1.82) is 0 Å². The smallest absolute Gasteiger partial charge is 0.100 e. The molecule has 1 unspecified atom stereocenters. The van der Waals surface area contributed by atoms with Crippen LogP contribution in [0.25, 0.3) is 0 Å². The molecule has 4 heteroatoms. The van der Waals surface area contributed by atoms with Crippen LogP contribution in [0, 0.1) is 0 Å². The Morgan fingerprint density at radius 3 is 2.25 bits per heavy atom. The Bertz CT molecular complexity index is 39.0. The Labute approximate surface area is 48.0 Å². The van der Waals surface area contributed by atoms with E-state index >= 15 is 0 Å². The molecule has 0 bridgehead atoms. The first-order valence-electron chi connectivity index (χ1n) is 2.09. The lowest BCUT2D eigenvalue weighted by molar-refractivity contribution is 0.0254. The van der Waals surface area contributed by atoms with Crippen molar-refractivity contribution >= 4 is 0 Å². The van der Waals surface area contributed by atoms with Crippen molar-refractivity contribution < 1.29 is 20.4 Å². The lowest BCUT2D eigenvalue weighted by Crippen LogP contribution is -2.17. The zero-order valence-corrected chi connectivity index (χ0v) is 4.79. The molecule has 4 N–H and O–H groups in total. The van der Waals surface area contributed by atoms with Gasteiger partial charge in [-0.3, -0.25) is 0 Å². The zero-order chi connectivity index (χ0) is 5.70. The molecular formula is C4H12O4. The monoisotopic (exact) mass is 124 g/mol. The summed E-state index contributed by atoms with van der Waals surface area (Å²) in [6.07, 6.45) is -0.718. The number of aliphatic hydroxyl groups is 2. The van der Waals surface area contributed by atoms with Crippen molar-refractivity contribution in [2.45, 2.75) is 6.10 Å². The maximum absolute atomic E-state index is 8.48. The van der Waals surface area contributed by atoms with Crippen molar-refractivity contribution in [2.24, 2.45) is 0 Å². The summed E-state index contributed by atoms with van der Waals surface area (Å²) in [6, 6.07) is 0. The molecule has 0 spiro atoms. The van der Waals surface area contributed by atoms with E-state index in [2.05, 4.69) is 4.74 Å². The maximum atomic E-state index is 8.48. The average Bonchev–Trinajstić information content (AvgIpc) is 1.68. The molecule has 52 valence electrons. The van der Waals surface area contributed by atoms with E-state index in [1.54, 1.807) is 0 Å². The molecule has 0 amide bonds. The normalized spacial score (nSPS) is 12.4. The third-order valence-corrected chi connectivity index (χ3v) is 0.570. The van der Waals surface area contributed by atoms with Gasteiger partial charge in [0.25, 0.3) is 0 Å². The molecule has 0 saturated heterocycles. The van der Waals surface area contributed by atoms with Crippen LogP contribution in [0.5, 0.6) is 0 Å². The Balaban J connectivity index is 0. The molecule has 0 aliphatic carbocycles. The molecular weight excluding hydrogens is 112 g/mol. The van der Waals surface area contributed by atoms with Crippen LogP contribution in [-0.2, 0) is 4.74 Å². The van der Waals surface area contributed by atoms with Gasteiger partial charge in [-0.1, -0.05) is 0 Å². The van der Waals surface area contributed by atoms with Crippen LogP contribution in [0.3, 0.4) is 0 Å². The topological polar surface area (TPSA) is 81.2 Å². The minimum absolute atomic E-state index is 0. The second-order valence-electron chi connectivity index (χ2n) is 1.29. The molecule has 0 radical (unpaired) electrons. The fraction of sp³-hybridized carbons (Fsp3) is 1.00. The number of aliphatic hydroxyl groups excluding tert-OH is 2. The van der Waals surface area contributed by atoms with Crippen LogP contribution in [0.4, 0.5) is 0 Å². The lowest BCUT2D eigenvalue weighted by atomic mass is 10.4. The van der Waals surface area contributed by atoms with Crippen LogP contribution in [0.15, 0.2) is 0 Å². The van der Waals surface area contributed by atoms with Crippen LogP contribution in [-0.4, -0.2) is 42.1 Å². The number of methoxy groups -OCH3 is 1. The molecule has 0 aliphatic rings. The fourth-order valence-electron chi connectivity index (χ4n) is 0.245. The number of ether oxygens (including phenoxy) is 1. The summed E-state index contributed by atoms with van der Waals surface area (Å²) in [6.45, 7) is -0.0235. The molecule has 0 heterocycles. The van der Waals surface area contributed by atoms with E-state index < -0.39 is 6.10 Å². The van der Waals surface area contributed by atoms with Crippen LogP contribution in [0.1, 0.15) is 0 Å². The predicted molar refractivity (Wildman–Crippen MR) is 28.6 cm³/mol. The molecule has 0 aromatic rings. The SMILES string of the molecule is COCC(O)CO.O. The summed E-state index contributed by atoms with van der Waals surface area (Å²) in [4.78, 5) is 0. The quantitative estimate of drug-likeness (QED) is 0.464. The number of hydrogen-bond donors (Lipinski definition) is 2. The highest BCUT2D eigenvalue weighted by Gasteiger charge is 1.96. The van der Waals surface area contributed by atoms with Gasteiger partial charge in [-0.15, -0.1) is 0 Å². The molecule has 0 fully saturated rings.